The van der Waals surface area contributed by atoms with Crippen LogP contribution in [0.5, 0.6) is 0 Å². The van der Waals surface area contributed by atoms with Gasteiger partial charge in [-0.25, -0.2) is 4.98 Å². The quantitative estimate of drug-likeness (QED) is 0.449. The summed E-state index contributed by atoms with van der Waals surface area (Å²) in [7, 11) is 0. The van der Waals surface area contributed by atoms with Crippen molar-refractivity contribution in [2.45, 2.75) is 27.2 Å². The number of hydrogen-bond acceptors (Lipinski definition) is 4. The second-order valence-electron chi connectivity index (χ2n) is 6.95. The largest absolute Gasteiger partial charge is 0.329 e. The summed E-state index contributed by atoms with van der Waals surface area (Å²) in [6.45, 7) is 6.00. The Labute approximate surface area is 196 Å². The van der Waals surface area contributed by atoms with Gasteiger partial charge in [-0.3, -0.25) is 9.59 Å². The lowest BCUT2D eigenvalue weighted by atomic mass is 10.1. The number of halogens is 2. The predicted molar refractivity (Wildman–Crippen MR) is 128 cm³/mol. The van der Waals surface area contributed by atoms with Crippen LogP contribution in [0.3, 0.4) is 0 Å². The molecule has 8 heteroatoms. The van der Waals surface area contributed by atoms with E-state index in [9.17, 15) is 9.59 Å². The molecule has 1 N–H and O–H groups in total. The summed E-state index contributed by atoms with van der Waals surface area (Å²) in [5.74, 6) is -0.600. The fourth-order valence-electron chi connectivity index (χ4n) is 3.04. The minimum Gasteiger partial charge on any atom is -0.329 e. The molecule has 0 unspecified atom stereocenters. The third-order valence-corrected chi connectivity index (χ3v) is 6.65. The number of benzene rings is 2. The number of anilines is 1. The minimum atomic E-state index is -0.372. The zero-order chi connectivity index (χ0) is 22.5. The maximum atomic E-state index is 13.1. The van der Waals surface area contributed by atoms with Crippen LogP contribution in [0.25, 0.3) is 10.6 Å². The summed E-state index contributed by atoms with van der Waals surface area (Å²) in [5.41, 5.74) is 3.21. The van der Waals surface area contributed by atoms with Crippen LogP contribution in [0.15, 0.2) is 42.5 Å². The van der Waals surface area contributed by atoms with Crippen molar-refractivity contribution in [3.63, 3.8) is 0 Å². The van der Waals surface area contributed by atoms with E-state index in [4.69, 9.17) is 23.2 Å². The molecule has 0 aliphatic rings. The van der Waals surface area contributed by atoms with Gasteiger partial charge in [-0.05, 0) is 38.0 Å². The Kier molecular flexibility index (Phi) is 7.70. The molecular weight excluding hydrogens is 453 g/mol. The lowest BCUT2D eigenvalue weighted by Gasteiger charge is -2.20. The van der Waals surface area contributed by atoms with E-state index in [2.05, 4.69) is 29.4 Å². The fraction of sp³-hybridized carbons (Fsp3) is 0.261. The molecule has 5 nitrogen and oxygen atoms in total. The van der Waals surface area contributed by atoms with Crippen LogP contribution in [0.1, 0.15) is 34.8 Å². The Morgan fingerprint density at radius 2 is 1.71 bits per heavy atom. The molecule has 3 aromatic rings. The Morgan fingerprint density at radius 3 is 2.29 bits per heavy atom. The Bertz CT molecular complexity index is 1080. The first-order valence-corrected chi connectivity index (χ1v) is 11.5. The van der Waals surface area contributed by atoms with Crippen LogP contribution < -0.4 is 5.32 Å². The van der Waals surface area contributed by atoms with Crippen molar-refractivity contribution in [1.29, 1.82) is 0 Å². The maximum Gasteiger partial charge on any atom is 0.266 e. The summed E-state index contributed by atoms with van der Waals surface area (Å²) < 4.78 is 0. The van der Waals surface area contributed by atoms with Crippen LogP contribution in [0, 0.1) is 6.92 Å². The molecule has 3 rings (SSSR count). The molecular formula is C23H23Cl2N3O2S. The van der Waals surface area contributed by atoms with E-state index >= 15 is 0 Å². The zero-order valence-electron chi connectivity index (χ0n) is 17.5. The van der Waals surface area contributed by atoms with Crippen molar-refractivity contribution in [3.8, 4) is 10.6 Å². The number of aryl methyl sites for hydroxylation is 2. The minimum absolute atomic E-state index is 0.116. The number of carbonyl (C=O) groups is 2. The first kappa shape index (κ1) is 23.3. The number of carbonyl (C=O) groups excluding carboxylic acids is 2. The molecule has 0 saturated heterocycles. The third-order valence-electron chi connectivity index (χ3n) is 4.83. The maximum absolute atomic E-state index is 13.1. The normalized spacial score (nSPS) is 10.7. The highest BCUT2D eigenvalue weighted by molar-refractivity contribution is 7.17. The molecule has 0 atom stereocenters. The second-order valence-corrected chi connectivity index (χ2v) is 8.76. The van der Waals surface area contributed by atoms with Gasteiger partial charge in [0.2, 0.25) is 5.91 Å². The number of nitrogens with one attached hydrogen (secondary N) is 1. The van der Waals surface area contributed by atoms with Gasteiger partial charge in [0, 0.05) is 12.1 Å². The predicted octanol–water partition coefficient (Wildman–Crippen LogP) is 6.09. The molecule has 31 heavy (non-hydrogen) atoms. The number of thiazole rings is 1. The number of likely N-dealkylation sites (N-methyl/N-ethyl adjacent to an activating group) is 1. The van der Waals surface area contributed by atoms with Crippen LogP contribution in [-0.4, -0.2) is 34.8 Å². The Morgan fingerprint density at radius 1 is 1.06 bits per heavy atom. The Balaban J connectivity index is 1.75. The van der Waals surface area contributed by atoms with E-state index in [1.807, 2.05) is 26.0 Å². The highest BCUT2D eigenvalue weighted by atomic mass is 35.5. The monoisotopic (exact) mass is 475 g/mol. The fourth-order valence-corrected chi connectivity index (χ4v) is 4.57. The van der Waals surface area contributed by atoms with E-state index < -0.39 is 0 Å². The number of aromatic nitrogens is 1. The van der Waals surface area contributed by atoms with Crippen LogP contribution in [-0.2, 0) is 11.2 Å². The summed E-state index contributed by atoms with van der Waals surface area (Å²) in [4.78, 5) is 32.3. The number of para-hydroxylation sites is 1. The van der Waals surface area contributed by atoms with Crippen molar-refractivity contribution >= 4 is 52.0 Å². The standard InChI is InChI=1S/C23H23Cl2N3O2S/c1-4-15-9-11-16(12-10-15)22-26-14(3)21(31-22)23(30)28(5-2)13-19(29)27-20-17(24)7-6-8-18(20)25/h6-12H,4-5,13H2,1-3H3,(H,27,29). The van der Waals surface area contributed by atoms with Crippen molar-refractivity contribution in [1.82, 2.24) is 9.88 Å². The molecule has 0 radical (unpaired) electrons. The molecule has 2 amide bonds. The number of amides is 2. The summed E-state index contributed by atoms with van der Waals surface area (Å²) >= 11 is 13.6. The van der Waals surface area contributed by atoms with Crippen LogP contribution in [0.4, 0.5) is 5.69 Å². The molecule has 0 bridgehead atoms. The van der Waals surface area contributed by atoms with Gasteiger partial charge in [0.1, 0.15) is 16.4 Å². The van der Waals surface area contributed by atoms with Crippen molar-refractivity contribution in [2.24, 2.45) is 0 Å². The summed E-state index contributed by atoms with van der Waals surface area (Å²) in [6, 6.07) is 13.1. The van der Waals surface area contributed by atoms with Crippen molar-refractivity contribution in [2.75, 3.05) is 18.4 Å². The van der Waals surface area contributed by atoms with E-state index in [1.54, 1.807) is 18.2 Å². The topological polar surface area (TPSA) is 62.3 Å². The molecule has 0 fully saturated rings. The summed E-state index contributed by atoms with van der Waals surface area (Å²) in [6.07, 6.45) is 0.966. The SMILES string of the molecule is CCc1ccc(-c2nc(C)c(C(=O)N(CC)CC(=O)Nc3c(Cl)cccc3Cl)s2)cc1. The molecule has 0 aliphatic heterocycles. The molecule has 1 aromatic heterocycles. The van der Waals surface area contributed by atoms with E-state index in [0.717, 1.165) is 17.0 Å². The lowest BCUT2D eigenvalue weighted by molar-refractivity contribution is -0.116. The summed E-state index contributed by atoms with van der Waals surface area (Å²) in [5, 5.41) is 4.16. The van der Waals surface area contributed by atoms with Gasteiger partial charge in [-0.2, -0.15) is 0 Å². The van der Waals surface area contributed by atoms with Gasteiger partial charge < -0.3 is 10.2 Å². The number of hydrogen-bond donors (Lipinski definition) is 1. The number of nitrogens with zero attached hydrogens (tertiary/aromatic N) is 2. The van der Waals surface area contributed by atoms with Gasteiger partial charge >= 0.3 is 0 Å². The highest BCUT2D eigenvalue weighted by Crippen LogP contribution is 2.31. The molecule has 0 spiro atoms. The van der Waals surface area contributed by atoms with Crippen LogP contribution >= 0.6 is 34.5 Å². The smallest absolute Gasteiger partial charge is 0.266 e. The van der Waals surface area contributed by atoms with Gasteiger partial charge in [0.15, 0.2) is 0 Å². The Hall–Kier alpha value is -2.41. The number of rotatable bonds is 7. The zero-order valence-corrected chi connectivity index (χ0v) is 19.9. The lowest BCUT2D eigenvalue weighted by Crippen LogP contribution is -2.37. The van der Waals surface area contributed by atoms with Crippen molar-refractivity contribution < 1.29 is 9.59 Å². The van der Waals surface area contributed by atoms with Crippen molar-refractivity contribution in [3.05, 3.63) is 68.6 Å². The van der Waals surface area contributed by atoms with Gasteiger partial charge in [0.25, 0.3) is 5.91 Å². The molecule has 0 saturated carbocycles. The van der Waals surface area contributed by atoms with Crippen LogP contribution in [0.2, 0.25) is 10.0 Å². The van der Waals surface area contributed by atoms with Gasteiger partial charge in [-0.15, -0.1) is 11.3 Å². The third kappa shape index (κ3) is 5.45. The second kappa shape index (κ2) is 10.3. The van der Waals surface area contributed by atoms with E-state index in [1.165, 1.54) is 21.8 Å². The first-order valence-electron chi connectivity index (χ1n) is 9.93. The highest BCUT2D eigenvalue weighted by Gasteiger charge is 2.23. The molecule has 2 aromatic carbocycles. The van der Waals surface area contributed by atoms with Gasteiger partial charge in [-0.1, -0.05) is 60.5 Å². The average molecular weight is 476 g/mol. The van der Waals surface area contributed by atoms with E-state index in [-0.39, 0.29) is 18.4 Å². The first-order chi connectivity index (χ1) is 14.8. The molecule has 162 valence electrons. The molecule has 0 aliphatic carbocycles. The van der Waals surface area contributed by atoms with Gasteiger partial charge in [0.05, 0.1) is 21.4 Å². The molecule has 1 heterocycles. The average Bonchev–Trinajstić information content (AvgIpc) is 3.16. The van der Waals surface area contributed by atoms with E-state index in [0.29, 0.717) is 32.8 Å².